The summed E-state index contributed by atoms with van der Waals surface area (Å²) in [5.74, 6) is -1.72. The van der Waals surface area contributed by atoms with Crippen molar-refractivity contribution in [1.82, 2.24) is 15.2 Å². The minimum absolute atomic E-state index is 0.335. The van der Waals surface area contributed by atoms with Crippen LogP contribution in [0.5, 0.6) is 0 Å². The lowest BCUT2D eigenvalue weighted by Crippen LogP contribution is -2.70. The number of amides is 2. The molecule has 3 atom stereocenters. The fraction of sp³-hybridized carbons (Fsp3) is 0.429. The lowest BCUT2D eigenvalue weighted by molar-refractivity contribution is -0.159. The molecule has 30 heavy (non-hydrogen) atoms. The van der Waals surface area contributed by atoms with Crippen molar-refractivity contribution in [2.45, 2.75) is 55.3 Å². The molecule has 2 aromatic rings. The zero-order valence-electron chi connectivity index (χ0n) is 16.4. The first kappa shape index (κ1) is 19.6. The van der Waals surface area contributed by atoms with Gasteiger partial charge in [-0.15, -0.1) is 11.8 Å². The predicted octanol–water partition coefficient (Wildman–Crippen LogP) is 2.62. The van der Waals surface area contributed by atoms with Crippen molar-refractivity contribution < 1.29 is 19.5 Å². The Morgan fingerprint density at radius 3 is 2.83 bits per heavy atom. The summed E-state index contributed by atoms with van der Waals surface area (Å²) in [5, 5.41) is 13.2. The molecular formula is C21H20ClN3O4S. The van der Waals surface area contributed by atoms with E-state index in [2.05, 4.69) is 10.3 Å². The standard InChI is InChI=1S/C21H20ClN3O4S/c1-21(2)16(20(28)29)25-18(27)15(19(25)30-21)24-17(26)14-10-4-3-5-12(10)23-13-7-6-9(22)8-11(13)14/h6-8,15-16,19H,3-5H2,1-2H3,(H,24,26)(H,28,29)/t15-,16+,19-/m1/s1. The van der Waals surface area contributed by atoms with Gasteiger partial charge < -0.3 is 15.3 Å². The Hall–Kier alpha value is -2.32. The molecule has 0 unspecified atom stereocenters. The van der Waals surface area contributed by atoms with Gasteiger partial charge in [-0.05, 0) is 56.9 Å². The van der Waals surface area contributed by atoms with Gasteiger partial charge in [0.25, 0.3) is 5.91 Å². The van der Waals surface area contributed by atoms with E-state index < -0.39 is 22.8 Å². The van der Waals surface area contributed by atoms with Crippen LogP contribution in [0.15, 0.2) is 18.2 Å². The number of halogens is 1. The summed E-state index contributed by atoms with van der Waals surface area (Å²) in [6.07, 6.45) is 2.50. The highest BCUT2D eigenvalue weighted by atomic mass is 35.5. The summed E-state index contributed by atoms with van der Waals surface area (Å²) in [7, 11) is 0. The van der Waals surface area contributed by atoms with E-state index >= 15 is 0 Å². The normalized spacial score (nSPS) is 26.3. The average Bonchev–Trinajstić information content (AvgIpc) is 3.23. The van der Waals surface area contributed by atoms with Crippen LogP contribution in [0.4, 0.5) is 0 Å². The molecule has 0 saturated carbocycles. The molecule has 2 N–H and O–H groups in total. The number of aliphatic carboxylic acids is 1. The Kier molecular flexibility index (Phi) is 4.31. The number of benzene rings is 1. The fourth-order valence-corrected chi connectivity index (χ4v) is 6.65. The molecule has 9 heteroatoms. The van der Waals surface area contributed by atoms with E-state index in [1.807, 2.05) is 13.8 Å². The SMILES string of the molecule is CC1(C)S[C@@H]2[C@H](NC(=O)c3c4c(nc5ccc(Cl)cc35)CCC4)C(=O)N2[C@H]1C(=O)O. The van der Waals surface area contributed by atoms with Crippen LogP contribution in [0.1, 0.15) is 41.9 Å². The molecule has 3 heterocycles. The van der Waals surface area contributed by atoms with Crippen LogP contribution in [0, 0.1) is 0 Å². The van der Waals surface area contributed by atoms with Crippen LogP contribution < -0.4 is 5.32 Å². The zero-order chi connectivity index (χ0) is 21.4. The van der Waals surface area contributed by atoms with Crippen molar-refractivity contribution in [1.29, 1.82) is 0 Å². The maximum absolute atomic E-state index is 13.4. The lowest BCUT2D eigenvalue weighted by Gasteiger charge is -2.43. The molecule has 156 valence electrons. The van der Waals surface area contributed by atoms with Gasteiger partial charge in [0.15, 0.2) is 0 Å². The van der Waals surface area contributed by atoms with Gasteiger partial charge in [0, 0.05) is 20.8 Å². The summed E-state index contributed by atoms with van der Waals surface area (Å²) in [4.78, 5) is 43.9. The Morgan fingerprint density at radius 1 is 1.33 bits per heavy atom. The fourth-order valence-electron chi connectivity index (χ4n) is 4.85. The Bertz CT molecular complexity index is 1130. The number of carboxylic acids is 1. The Labute approximate surface area is 182 Å². The van der Waals surface area contributed by atoms with E-state index in [4.69, 9.17) is 11.6 Å². The highest BCUT2D eigenvalue weighted by molar-refractivity contribution is 8.01. The van der Waals surface area contributed by atoms with Crippen molar-refractivity contribution in [3.8, 4) is 0 Å². The molecule has 7 nitrogen and oxygen atoms in total. The molecule has 2 amide bonds. The van der Waals surface area contributed by atoms with Crippen LogP contribution in [-0.4, -0.2) is 55.0 Å². The van der Waals surface area contributed by atoms with E-state index in [9.17, 15) is 19.5 Å². The number of nitrogens with one attached hydrogen (secondary N) is 1. The summed E-state index contributed by atoms with van der Waals surface area (Å²) < 4.78 is -0.635. The van der Waals surface area contributed by atoms with E-state index in [-0.39, 0.29) is 17.2 Å². The van der Waals surface area contributed by atoms with E-state index in [1.165, 1.54) is 16.7 Å². The van der Waals surface area contributed by atoms with E-state index in [0.29, 0.717) is 21.5 Å². The molecule has 1 aromatic heterocycles. The average molecular weight is 446 g/mol. The highest BCUT2D eigenvalue weighted by Crippen LogP contribution is 2.50. The zero-order valence-corrected chi connectivity index (χ0v) is 18.0. The van der Waals surface area contributed by atoms with Gasteiger partial charge in [-0.25, -0.2) is 4.79 Å². The van der Waals surface area contributed by atoms with Gasteiger partial charge in [-0.2, -0.15) is 0 Å². The number of hydrogen-bond acceptors (Lipinski definition) is 5. The molecule has 2 saturated heterocycles. The number of fused-ring (bicyclic) bond motifs is 3. The van der Waals surface area contributed by atoms with Gasteiger partial charge in [-0.1, -0.05) is 11.6 Å². The lowest BCUT2D eigenvalue weighted by atomic mass is 9.95. The number of thioether (sulfide) groups is 1. The van der Waals surface area contributed by atoms with Gasteiger partial charge in [0.05, 0.1) is 11.1 Å². The molecule has 2 aliphatic heterocycles. The van der Waals surface area contributed by atoms with Crippen molar-refractivity contribution in [3.63, 3.8) is 0 Å². The van der Waals surface area contributed by atoms with Crippen molar-refractivity contribution in [3.05, 3.63) is 40.0 Å². The molecule has 0 radical (unpaired) electrons. The minimum atomic E-state index is -1.03. The maximum Gasteiger partial charge on any atom is 0.327 e. The van der Waals surface area contributed by atoms with Gasteiger partial charge in [0.1, 0.15) is 17.5 Å². The van der Waals surface area contributed by atoms with Crippen molar-refractivity contribution in [2.24, 2.45) is 0 Å². The number of carbonyl (C=O) groups excluding carboxylic acids is 2. The molecule has 1 aliphatic carbocycles. The molecule has 2 fully saturated rings. The third-order valence-corrected chi connectivity index (χ3v) is 7.97. The molecule has 0 spiro atoms. The second kappa shape index (κ2) is 6.59. The smallest absolute Gasteiger partial charge is 0.327 e. The van der Waals surface area contributed by atoms with Crippen LogP contribution in [0.25, 0.3) is 10.9 Å². The van der Waals surface area contributed by atoms with Crippen molar-refractivity contribution in [2.75, 3.05) is 0 Å². The van der Waals surface area contributed by atoms with Crippen LogP contribution in [-0.2, 0) is 22.4 Å². The molecule has 0 bridgehead atoms. The summed E-state index contributed by atoms with van der Waals surface area (Å²) in [5.41, 5.74) is 3.06. The molecule has 1 aromatic carbocycles. The quantitative estimate of drug-likeness (QED) is 0.704. The predicted molar refractivity (Wildman–Crippen MR) is 114 cm³/mol. The number of carbonyl (C=O) groups is 3. The van der Waals surface area contributed by atoms with Crippen LogP contribution in [0.3, 0.4) is 0 Å². The number of pyridine rings is 1. The number of nitrogens with zero attached hydrogens (tertiary/aromatic N) is 2. The molecule has 3 aliphatic rings. The van der Waals surface area contributed by atoms with Crippen LogP contribution in [0.2, 0.25) is 5.02 Å². The highest BCUT2D eigenvalue weighted by Gasteiger charge is 2.64. The summed E-state index contributed by atoms with van der Waals surface area (Å²) in [6, 6.07) is 3.64. The number of aromatic nitrogens is 1. The van der Waals surface area contributed by atoms with E-state index in [1.54, 1.807) is 18.2 Å². The monoisotopic (exact) mass is 445 g/mol. The largest absolute Gasteiger partial charge is 0.480 e. The second-order valence-corrected chi connectivity index (χ2v) is 10.7. The topological polar surface area (TPSA) is 99.6 Å². The number of hydrogen-bond donors (Lipinski definition) is 2. The Balaban J connectivity index is 1.49. The van der Waals surface area contributed by atoms with E-state index in [0.717, 1.165) is 30.5 Å². The Morgan fingerprint density at radius 2 is 2.10 bits per heavy atom. The summed E-state index contributed by atoms with van der Waals surface area (Å²) in [6.45, 7) is 3.62. The third kappa shape index (κ3) is 2.73. The number of rotatable bonds is 3. The minimum Gasteiger partial charge on any atom is -0.480 e. The van der Waals surface area contributed by atoms with Gasteiger partial charge in [-0.3, -0.25) is 14.6 Å². The maximum atomic E-state index is 13.4. The third-order valence-electron chi connectivity index (χ3n) is 6.16. The first-order valence-electron chi connectivity index (χ1n) is 9.84. The number of β-lactam (4-membered cyclic amide) rings is 1. The van der Waals surface area contributed by atoms with Crippen LogP contribution >= 0.6 is 23.4 Å². The number of aryl methyl sites for hydroxylation is 1. The molecule has 5 rings (SSSR count). The van der Waals surface area contributed by atoms with Gasteiger partial charge >= 0.3 is 5.97 Å². The van der Waals surface area contributed by atoms with Gasteiger partial charge in [0.2, 0.25) is 5.91 Å². The first-order valence-corrected chi connectivity index (χ1v) is 11.1. The summed E-state index contributed by atoms with van der Waals surface area (Å²) >= 11 is 7.60. The first-order chi connectivity index (χ1) is 14.2. The number of carboxylic acid groups (broad SMARTS) is 1. The second-order valence-electron chi connectivity index (χ2n) is 8.48. The van der Waals surface area contributed by atoms with Crippen molar-refractivity contribution >= 4 is 52.0 Å². The molecular weight excluding hydrogens is 426 g/mol.